The molecule has 5 nitrogen and oxygen atoms in total. The van der Waals surface area contributed by atoms with E-state index in [1.165, 1.54) is 19.3 Å². The van der Waals surface area contributed by atoms with E-state index in [-0.39, 0.29) is 5.91 Å². The highest BCUT2D eigenvalue weighted by Crippen LogP contribution is 2.30. The number of carbonyl (C=O) groups excluding carboxylic acids is 1. The van der Waals surface area contributed by atoms with E-state index < -0.39 is 0 Å². The highest BCUT2D eigenvalue weighted by atomic mass is 16.5. The van der Waals surface area contributed by atoms with Gasteiger partial charge in [-0.05, 0) is 61.7 Å². The van der Waals surface area contributed by atoms with Crippen LogP contribution in [0.3, 0.4) is 0 Å². The van der Waals surface area contributed by atoms with Gasteiger partial charge in [0, 0.05) is 26.4 Å². The van der Waals surface area contributed by atoms with E-state index in [1.807, 2.05) is 12.1 Å². The van der Waals surface area contributed by atoms with Crippen molar-refractivity contribution in [2.45, 2.75) is 45.8 Å². The van der Waals surface area contributed by atoms with Gasteiger partial charge < -0.3 is 14.8 Å². The molecule has 0 aromatic heterocycles. The standard InChI is InChI=1S/C22H34N2O3/c1-2-12-26-16-20-6-4-3-5-19(20)14-23-22(25)15-24-10-7-18(8-11-24)21-9-13-27-17-21/h3-6,18,21H,2,7-17H2,1H3,(H,23,25). The number of rotatable bonds is 9. The molecule has 2 fully saturated rings. The molecule has 0 saturated carbocycles. The van der Waals surface area contributed by atoms with E-state index in [0.29, 0.717) is 19.7 Å². The molecule has 3 rings (SSSR count). The van der Waals surface area contributed by atoms with Crippen molar-refractivity contribution in [1.29, 1.82) is 0 Å². The van der Waals surface area contributed by atoms with E-state index >= 15 is 0 Å². The lowest BCUT2D eigenvalue weighted by Gasteiger charge is -2.33. The maximum Gasteiger partial charge on any atom is 0.234 e. The summed E-state index contributed by atoms with van der Waals surface area (Å²) in [6, 6.07) is 8.19. The van der Waals surface area contributed by atoms with Crippen molar-refractivity contribution in [3.63, 3.8) is 0 Å². The Morgan fingerprint density at radius 1 is 1.19 bits per heavy atom. The molecule has 2 aliphatic rings. The Hall–Kier alpha value is -1.43. The molecule has 0 aliphatic carbocycles. The van der Waals surface area contributed by atoms with Crippen molar-refractivity contribution in [2.24, 2.45) is 11.8 Å². The number of hydrogen-bond donors (Lipinski definition) is 1. The van der Waals surface area contributed by atoms with Crippen molar-refractivity contribution in [3.8, 4) is 0 Å². The van der Waals surface area contributed by atoms with Gasteiger partial charge in [0.2, 0.25) is 5.91 Å². The van der Waals surface area contributed by atoms with Crippen LogP contribution in [0.15, 0.2) is 24.3 Å². The molecular weight excluding hydrogens is 340 g/mol. The number of amides is 1. The number of likely N-dealkylation sites (tertiary alicyclic amines) is 1. The number of hydrogen-bond acceptors (Lipinski definition) is 4. The molecule has 2 aliphatic heterocycles. The van der Waals surface area contributed by atoms with Crippen LogP contribution in [0.4, 0.5) is 0 Å². The minimum atomic E-state index is 0.113. The van der Waals surface area contributed by atoms with Gasteiger partial charge in [0.1, 0.15) is 0 Å². The molecule has 1 aromatic rings. The van der Waals surface area contributed by atoms with Crippen LogP contribution in [0, 0.1) is 11.8 Å². The molecule has 5 heteroatoms. The van der Waals surface area contributed by atoms with Crippen LogP contribution in [0.1, 0.15) is 43.7 Å². The first-order valence-corrected chi connectivity index (χ1v) is 10.5. The number of nitrogens with zero attached hydrogens (tertiary/aromatic N) is 1. The summed E-state index contributed by atoms with van der Waals surface area (Å²) >= 11 is 0. The third-order valence-electron chi connectivity index (χ3n) is 5.83. The number of carbonyl (C=O) groups is 1. The highest BCUT2D eigenvalue weighted by molar-refractivity contribution is 5.78. The van der Waals surface area contributed by atoms with Gasteiger partial charge in [0.25, 0.3) is 0 Å². The van der Waals surface area contributed by atoms with Crippen LogP contribution < -0.4 is 5.32 Å². The summed E-state index contributed by atoms with van der Waals surface area (Å²) in [7, 11) is 0. The van der Waals surface area contributed by atoms with E-state index in [4.69, 9.17) is 9.47 Å². The Labute approximate surface area is 163 Å². The summed E-state index contributed by atoms with van der Waals surface area (Å²) < 4.78 is 11.2. The van der Waals surface area contributed by atoms with Gasteiger partial charge in [-0.2, -0.15) is 0 Å². The fourth-order valence-electron chi connectivity index (χ4n) is 4.16. The van der Waals surface area contributed by atoms with Gasteiger partial charge >= 0.3 is 0 Å². The SMILES string of the molecule is CCCOCc1ccccc1CNC(=O)CN1CCC(C2CCOC2)CC1. The second-order valence-corrected chi connectivity index (χ2v) is 7.84. The molecule has 0 radical (unpaired) electrons. The maximum absolute atomic E-state index is 12.4. The van der Waals surface area contributed by atoms with Gasteiger partial charge in [-0.15, -0.1) is 0 Å². The van der Waals surface area contributed by atoms with Gasteiger partial charge in [0.15, 0.2) is 0 Å². The van der Waals surface area contributed by atoms with Gasteiger partial charge in [-0.25, -0.2) is 0 Å². The van der Waals surface area contributed by atoms with Crippen LogP contribution in [0.2, 0.25) is 0 Å². The molecule has 150 valence electrons. The summed E-state index contributed by atoms with van der Waals surface area (Å²) in [6.45, 7) is 8.47. The van der Waals surface area contributed by atoms with Crippen molar-refractivity contribution < 1.29 is 14.3 Å². The molecule has 0 spiro atoms. The third kappa shape index (κ3) is 6.30. The van der Waals surface area contributed by atoms with Crippen LogP contribution >= 0.6 is 0 Å². The largest absolute Gasteiger partial charge is 0.381 e. The van der Waals surface area contributed by atoms with Crippen molar-refractivity contribution >= 4 is 5.91 Å². The lowest BCUT2D eigenvalue weighted by Crippen LogP contribution is -2.42. The second kappa shape index (κ2) is 10.8. The predicted octanol–water partition coefficient (Wildman–Crippen LogP) is 2.98. The zero-order chi connectivity index (χ0) is 18.9. The Balaban J connectivity index is 1.39. The normalized spacial score (nSPS) is 21.4. The Morgan fingerprint density at radius 2 is 1.96 bits per heavy atom. The minimum absolute atomic E-state index is 0.113. The molecule has 2 heterocycles. The molecular formula is C22H34N2O3. The van der Waals surface area contributed by atoms with Crippen LogP contribution in [-0.4, -0.2) is 50.3 Å². The fourth-order valence-corrected chi connectivity index (χ4v) is 4.16. The van der Waals surface area contributed by atoms with Crippen LogP contribution in [0.25, 0.3) is 0 Å². The number of piperidine rings is 1. The van der Waals surface area contributed by atoms with Gasteiger partial charge in [-0.3, -0.25) is 9.69 Å². The molecule has 27 heavy (non-hydrogen) atoms. The average Bonchev–Trinajstić information content (AvgIpc) is 3.23. The summed E-state index contributed by atoms with van der Waals surface area (Å²) in [6.07, 6.45) is 4.62. The summed E-state index contributed by atoms with van der Waals surface area (Å²) in [4.78, 5) is 14.7. The van der Waals surface area contributed by atoms with E-state index in [9.17, 15) is 4.79 Å². The minimum Gasteiger partial charge on any atom is -0.381 e. The van der Waals surface area contributed by atoms with Gasteiger partial charge in [0.05, 0.1) is 13.2 Å². The number of benzene rings is 1. The Morgan fingerprint density at radius 3 is 2.67 bits per heavy atom. The zero-order valence-electron chi connectivity index (χ0n) is 16.6. The van der Waals surface area contributed by atoms with Crippen LogP contribution in [0.5, 0.6) is 0 Å². The average molecular weight is 375 g/mol. The predicted molar refractivity (Wildman–Crippen MR) is 106 cm³/mol. The third-order valence-corrected chi connectivity index (χ3v) is 5.83. The van der Waals surface area contributed by atoms with E-state index in [1.54, 1.807) is 0 Å². The first-order valence-electron chi connectivity index (χ1n) is 10.5. The number of nitrogens with one attached hydrogen (secondary N) is 1. The zero-order valence-corrected chi connectivity index (χ0v) is 16.6. The monoisotopic (exact) mass is 374 g/mol. The highest BCUT2D eigenvalue weighted by Gasteiger charge is 2.29. The Kier molecular flexibility index (Phi) is 8.11. The fraction of sp³-hybridized carbons (Fsp3) is 0.682. The van der Waals surface area contributed by atoms with Crippen molar-refractivity contribution in [1.82, 2.24) is 10.2 Å². The first-order chi connectivity index (χ1) is 13.3. The summed E-state index contributed by atoms with van der Waals surface area (Å²) in [5, 5.41) is 3.09. The topological polar surface area (TPSA) is 50.8 Å². The Bertz CT molecular complexity index is 579. The number of ether oxygens (including phenoxy) is 2. The summed E-state index contributed by atoms with van der Waals surface area (Å²) in [5.41, 5.74) is 2.30. The van der Waals surface area contributed by atoms with Gasteiger partial charge in [-0.1, -0.05) is 31.2 Å². The lowest BCUT2D eigenvalue weighted by atomic mass is 9.84. The molecule has 2 saturated heterocycles. The van der Waals surface area contributed by atoms with Crippen LogP contribution in [-0.2, 0) is 27.4 Å². The lowest BCUT2D eigenvalue weighted by molar-refractivity contribution is -0.122. The molecule has 1 N–H and O–H groups in total. The molecule has 0 bridgehead atoms. The molecule has 1 unspecified atom stereocenters. The second-order valence-electron chi connectivity index (χ2n) is 7.84. The molecule has 1 atom stereocenters. The molecule has 1 amide bonds. The van der Waals surface area contributed by atoms with Crippen molar-refractivity contribution in [2.75, 3.05) is 39.5 Å². The summed E-state index contributed by atoms with van der Waals surface area (Å²) in [5.74, 6) is 1.64. The first kappa shape index (κ1) is 20.3. The van der Waals surface area contributed by atoms with Crippen molar-refractivity contribution in [3.05, 3.63) is 35.4 Å². The quantitative estimate of drug-likeness (QED) is 0.675. The maximum atomic E-state index is 12.4. The smallest absolute Gasteiger partial charge is 0.234 e. The van der Waals surface area contributed by atoms with E-state index in [2.05, 4.69) is 29.3 Å². The van der Waals surface area contributed by atoms with E-state index in [0.717, 1.165) is 62.3 Å². The molecule has 1 aromatic carbocycles.